The first-order valence-corrected chi connectivity index (χ1v) is 4.35. The third-order valence-corrected chi connectivity index (χ3v) is 1.66. The quantitative estimate of drug-likeness (QED) is 0.767. The number of carbonyl (C=O) groups is 1. The largest absolute Gasteiger partial charge is 0.476 e. The Balaban J connectivity index is 3.07. The van der Waals surface area contributed by atoms with Gasteiger partial charge in [0.15, 0.2) is 11.5 Å². The minimum Gasteiger partial charge on any atom is -0.476 e. The van der Waals surface area contributed by atoms with Crippen LogP contribution in [0.25, 0.3) is 5.57 Å². The predicted octanol–water partition coefficient (Wildman–Crippen LogP) is 2.52. The van der Waals surface area contributed by atoms with Crippen LogP contribution in [0.1, 0.15) is 23.2 Å². The second-order valence-corrected chi connectivity index (χ2v) is 2.74. The molecular weight excluding hydrogens is 194 g/mol. The third-order valence-electron chi connectivity index (χ3n) is 1.66. The summed E-state index contributed by atoms with van der Waals surface area (Å²) < 4.78 is 4.90. The number of carboxylic acid groups (broad SMARTS) is 1. The topological polar surface area (TPSA) is 63.3 Å². The molecule has 1 heterocycles. The molecule has 0 aliphatic carbocycles. The summed E-state index contributed by atoms with van der Waals surface area (Å²) in [6.45, 7) is 5.41. The van der Waals surface area contributed by atoms with Gasteiger partial charge in [-0.05, 0) is 6.92 Å². The lowest BCUT2D eigenvalue weighted by atomic mass is 10.1. The van der Waals surface area contributed by atoms with Crippen LogP contribution in [0.4, 0.5) is 0 Å². The average Bonchev–Trinajstić information content (AvgIpc) is 2.66. The number of hydrogen-bond donors (Lipinski definition) is 1. The molecular formula is C11H11NO3. The molecule has 4 heteroatoms. The Morgan fingerprint density at radius 1 is 1.67 bits per heavy atom. The molecule has 0 aliphatic heterocycles. The summed E-state index contributed by atoms with van der Waals surface area (Å²) in [7, 11) is 0. The van der Waals surface area contributed by atoms with Crippen molar-refractivity contribution in [1.29, 1.82) is 0 Å². The predicted molar refractivity (Wildman–Crippen MR) is 56.5 cm³/mol. The van der Waals surface area contributed by atoms with E-state index >= 15 is 0 Å². The van der Waals surface area contributed by atoms with Gasteiger partial charge >= 0.3 is 5.97 Å². The molecule has 0 unspecified atom stereocenters. The zero-order valence-electron chi connectivity index (χ0n) is 8.30. The van der Waals surface area contributed by atoms with Crippen LogP contribution in [0.3, 0.4) is 0 Å². The van der Waals surface area contributed by atoms with E-state index in [4.69, 9.17) is 9.63 Å². The van der Waals surface area contributed by atoms with E-state index in [9.17, 15) is 4.79 Å². The summed E-state index contributed by atoms with van der Waals surface area (Å²) in [6, 6.07) is 1.37. The van der Waals surface area contributed by atoms with Crippen LogP contribution in [-0.2, 0) is 0 Å². The van der Waals surface area contributed by atoms with Crippen molar-refractivity contribution >= 4 is 11.5 Å². The first kappa shape index (κ1) is 11.0. The van der Waals surface area contributed by atoms with Crippen molar-refractivity contribution in [3.05, 3.63) is 48.4 Å². The number of rotatable bonds is 4. The van der Waals surface area contributed by atoms with Gasteiger partial charge in [0.2, 0.25) is 0 Å². The highest BCUT2D eigenvalue weighted by molar-refractivity contribution is 5.86. The molecule has 0 saturated carbocycles. The maximum absolute atomic E-state index is 10.6. The smallest absolute Gasteiger partial charge is 0.358 e. The second kappa shape index (κ2) is 4.95. The lowest BCUT2D eigenvalue weighted by molar-refractivity contribution is 0.0685. The van der Waals surface area contributed by atoms with Gasteiger partial charge in [-0.3, -0.25) is 0 Å². The first-order valence-electron chi connectivity index (χ1n) is 4.35. The van der Waals surface area contributed by atoms with Crippen LogP contribution < -0.4 is 0 Å². The molecule has 1 rings (SSSR count). The molecule has 0 bridgehead atoms. The Morgan fingerprint density at radius 2 is 2.40 bits per heavy atom. The fraction of sp³-hybridized carbons (Fsp3) is 0.0909. The molecule has 4 nitrogen and oxygen atoms in total. The van der Waals surface area contributed by atoms with E-state index < -0.39 is 5.97 Å². The molecule has 0 fully saturated rings. The maximum atomic E-state index is 10.6. The Morgan fingerprint density at radius 3 is 2.87 bits per heavy atom. The number of allylic oxidation sites excluding steroid dienone is 5. The molecule has 0 aliphatic rings. The van der Waals surface area contributed by atoms with E-state index in [0.29, 0.717) is 5.76 Å². The average molecular weight is 205 g/mol. The van der Waals surface area contributed by atoms with Crippen molar-refractivity contribution in [3.8, 4) is 0 Å². The van der Waals surface area contributed by atoms with Gasteiger partial charge in [-0.1, -0.05) is 36.0 Å². The fourth-order valence-corrected chi connectivity index (χ4v) is 1.04. The van der Waals surface area contributed by atoms with E-state index in [1.807, 2.05) is 13.0 Å². The van der Waals surface area contributed by atoms with Gasteiger partial charge in [0.25, 0.3) is 0 Å². The summed E-state index contributed by atoms with van der Waals surface area (Å²) in [5, 5.41) is 12.1. The van der Waals surface area contributed by atoms with Gasteiger partial charge in [-0.15, -0.1) is 0 Å². The SMILES string of the molecule is C=C/C=C(\C=C/C)c1cc(C(=O)O)no1. The van der Waals surface area contributed by atoms with Crippen LogP contribution in [0.15, 0.2) is 41.5 Å². The van der Waals surface area contributed by atoms with Crippen LogP contribution in [0.5, 0.6) is 0 Å². The summed E-state index contributed by atoms with van der Waals surface area (Å²) in [4.78, 5) is 10.6. The Hall–Kier alpha value is -2.10. The third kappa shape index (κ3) is 2.67. The number of aromatic nitrogens is 1. The second-order valence-electron chi connectivity index (χ2n) is 2.74. The summed E-state index contributed by atoms with van der Waals surface area (Å²) in [5.74, 6) is -0.700. The minimum absolute atomic E-state index is 0.107. The van der Waals surface area contributed by atoms with Crippen LogP contribution in [0.2, 0.25) is 0 Å². The van der Waals surface area contributed by atoms with Gasteiger partial charge in [-0.25, -0.2) is 4.79 Å². The number of carboxylic acids is 1. The van der Waals surface area contributed by atoms with Crippen LogP contribution in [0, 0.1) is 0 Å². The van der Waals surface area contributed by atoms with E-state index in [-0.39, 0.29) is 5.69 Å². The van der Waals surface area contributed by atoms with Crippen molar-refractivity contribution in [2.75, 3.05) is 0 Å². The number of hydrogen-bond acceptors (Lipinski definition) is 3. The number of aromatic carboxylic acids is 1. The number of nitrogens with zero attached hydrogens (tertiary/aromatic N) is 1. The van der Waals surface area contributed by atoms with Crippen molar-refractivity contribution < 1.29 is 14.4 Å². The van der Waals surface area contributed by atoms with Gasteiger partial charge < -0.3 is 9.63 Å². The zero-order valence-corrected chi connectivity index (χ0v) is 8.30. The van der Waals surface area contributed by atoms with E-state index in [1.54, 1.807) is 18.2 Å². The van der Waals surface area contributed by atoms with Crippen LogP contribution in [-0.4, -0.2) is 16.2 Å². The first-order chi connectivity index (χ1) is 7.19. The standard InChI is InChI=1S/C11H11NO3/c1-3-5-8(6-4-2)10-7-9(11(13)14)12-15-10/h3-7H,1H2,2H3,(H,13,14)/b6-4-,8-5+. The maximum Gasteiger partial charge on any atom is 0.358 e. The van der Waals surface area contributed by atoms with Crippen molar-refractivity contribution in [2.24, 2.45) is 0 Å². The van der Waals surface area contributed by atoms with Gasteiger partial charge in [0.1, 0.15) is 0 Å². The monoisotopic (exact) mass is 205 g/mol. The molecule has 78 valence electrons. The molecule has 1 N–H and O–H groups in total. The highest BCUT2D eigenvalue weighted by Gasteiger charge is 2.11. The highest BCUT2D eigenvalue weighted by atomic mass is 16.5. The Kier molecular flexibility index (Phi) is 3.62. The molecule has 0 spiro atoms. The lowest BCUT2D eigenvalue weighted by Crippen LogP contribution is -1.94. The lowest BCUT2D eigenvalue weighted by Gasteiger charge is -1.92. The Labute approximate surface area is 87.2 Å². The summed E-state index contributed by atoms with van der Waals surface area (Å²) in [5.41, 5.74) is 0.622. The molecule has 0 atom stereocenters. The summed E-state index contributed by atoms with van der Waals surface area (Å²) in [6.07, 6.45) is 6.91. The molecule has 0 amide bonds. The van der Waals surface area contributed by atoms with Gasteiger partial charge in [0, 0.05) is 11.6 Å². The molecule has 1 aromatic rings. The molecule has 1 aromatic heterocycles. The van der Waals surface area contributed by atoms with Crippen molar-refractivity contribution in [2.45, 2.75) is 6.92 Å². The van der Waals surface area contributed by atoms with Crippen molar-refractivity contribution in [3.63, 3.8) is 0 Å². The van der Waals surface area contributed by atoms with E-state index in [0.717, 1.165) is 5.57 Å². The highest BCUT2D eigenvalue weighted by Crippen LogP contribution is 2.17. The Bertz CT molecular complexity index is 427. The minimum atomic E-state index is -1.11. The summed E-state index contributed by atoms with van der Waals surface area (Å²) >= 11 is 0. The van der Waals surface area contributed by atoms with Gasteiger partial charge in [0.05, 0.1) is 0 Å². The van der Waals surface area contributed by atoms with E-state index in [2.05, 4.69) is 11.7 Å². The van der Waals surface area contributed by atoms with Crippen molar-refractivity contribution in [1.82, 2.24) is 5.16 Å². The van der Waals surface area contributed by atoms with Gasteiger partial charge in [-0.2, -0.15) is 0 Å². The normalized spacial score (nSPS) is 11.9. The molecule has 0 radical (unpaired) electrons. The molecule has 0 saturated heterocycles. The van der Waals surface area contributed by atoms with E-state index in [1.165, 1.54) is 6.07 Å². The van der Waals surface area contributed by atoms with Crippen LogP contribution >= 0.6 is 0 Å². The fourth-order valence-electron chi connectivity index (χ4n) is 1.04. The zero-order chi connectivity index (χ0) is 11.3. The molecule has 15 heavy (non-hydrogen) atoms. The molecule has 0 aromatic carbocycles.